The predicted octanol–water partition coefficient (Wildman–Crippen LogP) is 4.76. The standard InChI is InChI=1S/C22H27NO/c1-16-10-9-15-20(17(16)2)23-22(24)21(18-11-5-3-6-12-18)19-13-7-4-8-14-19/h3-8,11-14,16-17,20-21H,9-10,15H2,1-2H3,(H,23,24). The third-order valence-electron chi connectivity index (χ3n) is 5.56. The summed E-state index contributed by atoms with van der Waals surface area (Å²) in [5, 5.41) is 3.36. The summed E-state index contributed by atoms with van der Waals surface area (Å²) in [5.74, 6) is 1.10. The van der Waals surface area contributed by atoms with Crippen LogP contribution >= 0.6 is 0 Å². The van der Waals surface area contributed by atoms with Gasteiger partial charge in [0.1, 0.15) is 0 Å². The Morgan fingerprint density at radius 2 is 1.46 bits per heavy atom. The van der Waals surface area contributed by atoms with Crippen LogP contribution in [0.2, 0.25) is 0 Å². The van der Waals surface area contributed by atoms with E-state index in [4.69, 9.17) is 0 Å². The summed E-state index contributed by atoms with van der Waals surface area (Å²) in [5.41, 5.74) is 2.11. The Morgan fingerprint density at radius 3 is 2.00 bits per heavy atom. The van der Waals surface area contributed by atoms with Crippen molar-refractivity contribution in [3.05, 3.63) is 71.8 Å². The lowest BCUT2D eigenvalue weighted by molar-refractivity contribution is -0.123. The summed E-state index contributed by atoms with van der Waals surface area (Å²) in [4.78, 5) is 13.2. The molecule has 0 radical (unpaired) electrons. The molecule has 1 N–H and O–H groups in total. The molecule has 3 atom stereocenters. The van der Waals surface area contributed by atoms with Gasteiger partial charge in [0.2, 0.25) is 5.91 Å². The summed E-state index contributed by atoms with van der Waals surface area (Å²) in [6.45, 7) is 4.57. The van der Waals surface area contributed by atoms with Gasteiger partial charge in [0, 0.05) is 6.04 Å². The van der Waals surface area contributed by atoms with Crippen LogP contribution < -0.4 is 5.32 Å². The van der Waals surface area contributed by atoms with Gasteiger partial charge in [-0.25, -0.2) is 0 Å². The molecule has 1 amide bonds. The first-order valence-corrected chi connectivity index (χ1v) is 9.07. The second kappa shape index (κ2) is 7.65. The lowest BCUT2D eigenvalue weighted by atomic mass is 9.77. The molecule has 0 heterocycles. The Bertz CT molecular complexity index is 613. The highest BCUT2D eigenvalue weighted by Crippen LogP contribution is 2.31. The van der Waals surface area contributed by atoms with Gasteiger partial charge in [0.05, 0.1) is 5.92 Å². The molecule has 0 bridgehead atoms. The highest BCUT2D eigenvalue weighted by Gasteiger charge is 2.31. The number of nitrogens with one attached hydrogen (secondary N) is 1. The van der Waals surface area contributed by atoms with Crippen molar-refractivity contribution in [1.82, 2.24) is 5.32 Å². The largest absolute Gasteiger partial charge is 0.352 e. The van der Waals surface area contributed by atoms with Crippen LogP contribution in [0.5, 0.6) is 0 Å². The van der Waals surface area contributed by atoms with Gasteiger partial charge in [-0.15, -0.1) is 0 Å². The van der Waals surface area contributed by atoms with E-state index >= 15 is 0 Å². The van der Waals surface area contributed by atoms with Gasteiger partial charge in [-0.2, -0.15) is 0 Å². The van der Waals surface area contributed by atoms with Crippen LogP contribution in [0.1, 0.15) is 50.2 Å². The SMILES string of the molecule is CC1CCCC(NC(=O)C(c2ccccc2)c2ccccc2)C1C. The van der Waals surface area contributed by atoms with E-state index in [0.29, 0.717) is 11.8 Å². The van der Waals surface area contributed by atoms with Crippen molar-refractivity contribution < 1.29 is 4.79 Å². The van der Waals surface area contributed by atoms with Crippen LogP contribution in [-0.4, -0.2) is 11.9 Å². The molecule has 0 aliphatic heterocycles. The zero-order chi connectivity index (χ0) is 16.9. The maximum absolute atomic E-state index is 13.2. The van der Waals surface area contributed by atoms with E-state index in [1.165, 1.54) is 12.8 Å². The second-order valence-corrected chi connectivity index (χ2v) is 7.14. The van der Waals surface area contributed by atoms with Gasteiger partial charge in [0.25, 0.3) is 0 Å². The molecule has 126 valence electrons. The molecule has 3 rings (SSSR count). The average molecular weight is 321 g/mol. The lowest BCUT2D eigenvalue weighted by Crippen LogP contribution is -2.45. The summed E-state index contributed by atoms with van der Waals surface area (Å²) in [7, 11) is 0. The summed E-state index contributed by atoms with van der Waals surface area (Å²) in [6, 6.07) is 20.5. The van der Waals surface area contributed by atoms with Crippen molar-refractivity contribution in [2.24, 2.45) is 11.8 Å². The van der Waals surface area contributed by atoms with Crippen molar-refractivity contribution in [2.45, 2.75) is 45.1 Å². The van der Waals surface area contributed by atoms with E-state index in [2.05, 4.69) is 19.2 Å². The molecule has 24 heavy (non-hydrogen) atoms. The maximum Gasteiger partial charge on any atom is 0.232 e. The van der Waals surface area contributed by atoms with Crippen molar-refractivity contribution >= 4 is 5.91 Å². The van der Waals surface area contributed by atoms with Gasteiger partial charge in [0.15, 0.2) is 0 Å². The highest BCUT2D eigenvalue weighted by molar-refractivity contribution is 5.87. The molecule has 1 fully saturated rings. The molecule has 0 saturated heterocycles. The minimum absolute atomic E-state index is 0.123. The van der Waals surface area contributed by atoms with Gasteiger partial charge in [-0.1, -0.05) is 87.4 Å². The van der Waals surface area contributed by atoms with Crippen LogP contribution in [0, 0.1) is 11.8 Å². The maximum atomic E-state index is 13.2. The third kappa shape index (κ3) is 3.69. The van der Waals surface area contributed by atoms with Gasteiger partial charge in [-0.3, -0.25) is 4.79 Å². The van der Waals surface area contributed by atoms with Gasteiger partial charge < -0.3 is 5.32 Å². The number of carbonyl (C=O) groups excluding carboxylic acids is 1. The molecule has 2 aromatic carbocycles. The zero-order valence-electron chi connectivity index (χ0n) is 14.6. The first-order valence-electron chi connectivity index (χ1n) is 9.07. The van der Waals surface area contributed by atoms with E-state index in [1.54, 1.807) is 0 Å². The highest BCUT2D eigenvalue weighted by atomic mass is 16.1. The number of amides is 1. The lowest BCUT2D eigenvalue weighted by Gasteiger charge is -2.35. The molecule has 2 nitrogen and oxygen atoms in total. The zero-order valence-corrected chi connectivity index (χ0v) is 14.6. The summed E-state index contributed by atoms with van der Waals surface area (Å²) >= 11 is 0. The van der Waals surface area contributed by atoms with Crippen LogP contribution in [0.15, 0.2) is 60.7 Å². The predicted molar refractivity (Wildman–Crippen MR) is 98.8 cm³/mol. The summed E-state index contributed by atoms with van der Waals surface area (Å²) in [6.07, 6.45) is 3.57. The fourth-order valence-electron chi connectivity index (χ4n) is 3.84. The van der Waals surface area contributed by atoms with E-state index in [1.807, 2.05) is 60.7 Å². The molecular formula is C22H27NO. The Kier molecular flexibility index (Phi) is 5.34. The molecule has 3 unspecified atom stereocenters. The van der Waals surface area contributed by atoms with Gasteiger partial charge in [-0.05, 0) is 29.4 Å². The van der Waals surface area contributed by atoms with Crippen molar-refractivity contribution in [2.75, 3.05) is 0 Å². The van der Waals surface area contributed by atoms with Crippen molar-refractivity contribution in [3.63, 3.8) is 0 Å². The normalized spacial score (nSPS) is 23.9. The molecule has 2 aromatic rings. The topological polar surface area (TPSA) is 29.1 Å². The first-order chi connectivity index (χ1) is 11.7. The Balaban J connectivity index is 1.84. The first kappa shape index (κ1) is 16.8. The van der Waals surface area contributed by atoms with Crippen LogP contribution in [-0.2, 0) is 4.79 Å². The number of hydrogen-bond acceptors (Lipinski definition) is 1. The Hall–Kier alpha value is -2.09. The fourth-order valence-corrected chi connectivity index (χ4v) is 3.84. The van der Waals surface area contributed by atoms with Crippen LogP contribution in [0.4, 0.5) is 0 Å². The number of rotatable bonds is 4. The fraction of sp³-hybridized carbons (Fsp3) is 0.409. The second-order valence-electron chi connectivity index (χ2n) is 7.14. The monoisotopic (exact) mass is 321 g/mol. The Morgan fingerprint density at radius 1 is 0.917 bits per heavy atom. The average Bonchev–Trinajstić information content (AvgIpc) is 2.61. The number of carbonyl (C=O) groups is 1. The van der Waals surface area contributed by atoms with Gasteiger partial charge >= 0.3 is 0 Å². The van der Waals surface area contributed by atoms with E-state index in [-0.39, 0.29) is 17.9 Å². The molecular weight excluding hydrogens is 294 g/mol. The molecule has 1 aliphatic rings. The Labute approximate surface area is 145 Å². The van der Waals surface area contributed by atoms with E-state index in [0.717, 1.165) is 17.5 Å². The van der Waals surface area contributed by atoms with E-state index < -0.39 is 0 Å². The quantitative estimate of drug-likeness (QED) is 0.864. The minimum Gasteiger partial charge on any atom is -0.352 e. The van der Waals surface area contributed by atoms with Crippen LogP contribution in [0.25, 0.3) is 0 Å². The molecule has 0 spiro atoms. The smallest absolute Gasteiger partial charge is 0.232 e. The van der Waals surface area contributed by atoms with Crippen LogP contribution in [0.3, 0.4) is 0 Å². The summed E-state index contributed by atoms with van der Waals surface area (Å²) < 4.78 is 0. The number of benzene rings is 2. The van der Waals surface area contributed by atoms with E-state index in [9.17, 15) is 4.79 Å². The van der Waals surface area contributed by atoms with Crippen molar-refractivity contribution in [1.29, 1.82) is 0 Å². The molecule has 1 aliphatic carbocycles. The third-order valence-corrected chi connectivity index (χ3v) is 5.56. The minimum atomic E-state index is -0.239. The molecule has 1 saturated carbocycles. The molecule has 2 heteroatoms. The van der Waals surface area contributed by atoms with Crippen molar-refractivity contribution in [3.8, 4) is 0 Å². The molecule has 0 aromatic heterocycles. The number of hydrogen-bond donors (Lipinski definition) is 1.